The van der Waals surface area contributed by atoms with E-state index < -0.39 is 0 Å². The topological polar surface area (TPSA) is 38.4 Å². The van der Waals surface area contributed by atoms with Crippen LogP contribution in [0.5, 0.6) is 0 Å². The molecule has 0 saturated heterocycles. The van der Waals surface area contributed by atoms with Crippen LogP contribution in [0.1, 0.15) is 20.3 Å². The zero-order valence-electron chi connectivity index (χ0n) is 6.54. The molecule has 0 aromatic heterocycles. The van der Waals surface area contributed by atoms with Crippen LogP contribution in [0.4, 0.5) is 0 Å². The number of hydrogen-bond donors (Lipinski definition) is 1. The molecule has 10 heavy (non-hydrogen) atoms. The van der Waals surface area contributed by atoms with Gasteiger partial charge in [0, 0.05) is 11.6 Å². The van der Waals surface area contributed by atoms with Crippen molar-refractivity contribution in [3.8, 4) is 0 Å². The molecule has 1 rings (SSSR count). The van der Waals surface area contributed by atoms with E-state index in [1.165, 1.54) is 0 Å². The molecule has 1 aliphatic rings. The quantitative estimate of drug-likeness (QED) is 0.583. The average Bonchev–Trinajstić information content (AvgIpc) is 1.88. The molecule has 0 amide bonds. The Hall–Kier alpha value is -0.630. The molecular weight excluding hydrogens is 124 g/mol. The summed E-state index contributed by atoms with van der Waals surface area (Å²) in [6.45, 7) is 4.10. The molecule has 0 aliphatic carbocycles. The van der Waals surface area contributed by atoms with Crippen molar-refractivity contribution in [2.75, 3.05) is 0 Å². The highest BCUT2D eigenvalue weighted by Crippen LogP contribution is 2.13. The molecule has 1 aliphatic heterocycles. The molecule has 2 heteroatoms. The molecule has 0 aromatic rings. The summed E-state index contributed by atoms with van der Waals surface area (Å²) in [5.74, 6) is 0.448. The zero-order valence-corrected chi connectivity index (χ0v) is 6.54. The minimum absolute atomic E-state index is 0.00463. The number of rotatable bonds is 1. The van der Waals surface area contributed by atoms with E-state index in [0.717, 1.165) is 12.1 Å². The van der Waals surface area contributed by atoms with Crippen molar-refractivity contribution < 1.29 is 0 Å². The molecule has 2 atom stereocenters. The van der Waals surface area contributed by atoms with Gasteiger partial charge in [0.2, 0.25) is 0 Å². The van der Waals surface area contributed by atoms with E-state index in [2.05, 4.69) is 18.0 Å². The Kier molecular flexibility index (Phi) is 2.22. The second-order valence-corrected chi connectivity index (χ2v) is 2.69. The summed E-state index contributed by atoms with van der Waals surface area (Å²) in [6, 6.07) is 0. The fourth-order valence-electron chi connectivity index (χ4n) is 1.13. The molecule has 0 bridgehead atoms. The SMILES string of the molecule is CCC1C=CC(C)=NC1N. The third-order valence-corrected chi connectivity index (χ3v) is 1.85. The van der Waals surface area contributed by atoms with Crippen molar-refractivity contribution in [1.29, 1.82) is 0 Å². The number of dihydropyridines is 1. The molecule has 2 unspecified atom stereocenters. The number of nitrogens with zero attached hydrogens (tertiary/aromatic N) is 1. The molecule has 0 saturated carbocycles. The van der Waals surface area contributed by atoms with Crippen molar-refractivity contribution in [3.63, 3.8) is 0 Å². The van der Waals surface area contributed by atoms with Crippen LogP contribution in [0.2, 0.25) is 0 Å². The van der Waals surface area contributed by atoms with E-state index in [-0.39, 0.29) is 6.17 Å². The second-order valence-electron chi connectivity index (χ2n) is 2.69. The van der Waals surface area contributed by atoms with Gasteiger partial charge in [-0.15, -0.1) is 0 Å². The maximum Gasteiger partial charge on any atom is 0.104 e. The van der Waals surface area contributed by atoms with Gasteiger partial charge in [0.1, 0.15) is 6.17 Å². The van der Waals surface area contributed by atoms with Gasteiger partial charge in [-0.25, -0.2) is 0 Å². The third kappa shape index (κ3) is 1.45. The van der Waals surface area contributed by atoms with Crippen LogP contribution in [0.25, 0.3) is 0 Å². The van der Waals surface area contributed by atoms with E-state index >= 15 is 0 Å². The first-order valence-corrected chi connectivity index (χ1v) is 3.72. The van der Waals surface area contributed by atoms with Crippen molar-refractivity contribution >= 4 is 5.71 Å². The monoisotopic (exact) mass is 138 g/mol. The van der Waals surface area contributed by atoms with E-state index in [9.17, 15) is 0 Å². The lowest BCUT2D eigenvalue weighted by Gasteiger charge is -2.19. The van der Waals surface area contributed by atoms with Crippen molar-refractivity contribution in [1.82, 2.24) is 0 Å². The van der Waals surface area contributed by atoms with Gasteiger partial charge in [-0.3, -0.25) is 4.99 Å². The zero-order chi connectivity index (χ0) is 7.56. The minimum Gasteiger partial charge on any atom is -0.309 e. The fourth-order valence-corrected chi connectivity index (χ4v) is 1.13. The van der Waals surface area contributed by atoms with Crippen molar-refractivity contribution in [2.24, 2.45) is 16.6 Å². The highest BCUT2D eigenvalue weighted by molar-refractivity contribution is 5.93. The molecule has 0 fully saturated rings. The predicted octanol–water partition coefficient (Wildman–Crippen LogP) is 1.33. The second kappa shape index (κ2) is 2.97. The molecule has 2 nitrogen and oxygen atoms in total. The molecule has 0 radical (unpaired) electrons. The van der Waals surface area contributed by atoms with Gasteiger partial charge >= 0.3 is 0 Å². The lowest BCUT2D eigenvalue weighted by Crippen LogP contribution is -2.29. The van der Waals surface area contributed by atoms with Crippen LogP contribution in [-0.4, -0.2) is 11.9 Å². The molecule has 1 heterocycles. The molecular formula is C8H14N2. The normalized spacial score (nSPS) is 32.1. The minimum atomic E-state index is -0.00463. The van der Waals surface area contributed by atoms with Crippen molar-refractivity contribution in [2.45, 2.75) is 26.4 Å². The highest BCUT2D eigenvalue weighted by Gasteiger charge is 2.14. The lowest BCUT2D eigenvalue weighted by atomic mass is 10.0. The number of hydrogen-bond acceptors (Lipinski definition) is 2. The summed E-state index contributed by atoms with van der Waals surface area (Å²) in [5, 5.41) is 0. The Bertz CT molecular complexity index is 170. The lowest BCUT2D eigenvalue weighted by molar-refractivity contribution is 0.499. The van der Waals surface area contributed by atoms with E-state index in [0.29, 0.717) is 5.92 Å². The summed E-state index contributed by atoms with van der Waals surface area (Å²) in [5.41, 5.74) is 6.78. The summed E-state index contributed by atoms with van der Waals surface area (Å²) in [6.07, 6.45) is 5.26. The highest BCUT2D eigenvalue weighted by atomic mass is 15.0. The van der Waals surface area contributed by atoms with E-state index in [1.54, 1.807) is 0 Å². The van der Waals surface area contributed by atoms with E-state index in [1.807, 2.05) is 13.0 Å². The first-order valence-electron chi connectivity index (χ1n) is 3.72. The summed E-state index contributed by atoms with van der Waals surface area (Å²) in [7, 11) is 0. The summed E-state index contributed by atoms with van der Waals surface area (Å²) >= 11 is 0. The van der Waals surface area contributed by atoms with Gasteiger partial charge in [-0.05, 0) is 19.4 Å². The maximum atomic E-state index is 5.74. The Morgan fingerprint density at radius 2 is 2.40 bits per heavy atom. The van der Waals surface area contributed by atoms with Crippen molar-refractivity contribution in [3.05, 3.63) is 12.2 Å². The average molecular weight is 138 g/mol. The Morgan fingerprint density at radius 3 is 2.90 bits per heavy atom. The Balaban J connectivity index is 2.64. The van der Waals surface area contributed by atoms with Gasteiger partial charge < -0.3 is 5.73 Å². The van der Waals surface area contributed by atoms with Gasteiger partial charge in [0.15, 0.2) is 0 Å². The maximum absolute atomic E-state index is 5.74. The van der Waals surface area contributed by atoms with Crippen LogP contribution in [-0.2, 0) is 0 Å². The van der Waals surface area contributed by atoms with Gasteiger partial charge in [0.05, 0.1) is 0 Å². The first kappa shape index (κ1) is 7.48. The number of aliphatic imine (C=N–C) groups is 1. The summed E-state index contributed by atoms with van der Waals surface area (Å²) < 4.78 is 0. The van der Waals surface area contributed by atoms with Crippen LogP contribution in [0.15, 0.2) is 17.1 Å². The van der Waals surface area contributed by atoms with Gasteiger partial charge in [-0.1, -0.05) is 13.0 Å². The molecule has 0 spiro atoms. The standard InChI is InChI=1S/C8H14N2/c1-3-7-5-4-6(2)10-8(7)9/h4-5,7-8H,3,9H2,1-2H3. The number of allylic oxidation sites excluding steroid dienone is 1. The van der Waals surface area contributed by atoms with Crippen LogP contribution < -0.4 is 5.73 Å². The Morgan fingerprint density at radius 1 is 1.70 bits per heavy atom. The van der Waals surface area contributed by atoms with Gasteiger partial charge in [0.25, 0.3) is 0 Å². The smallest absolute Gasteiger partial charge is 0.104 e. The van der Waals surface area contributed by atoms with Gasteiger partial charge in [-0.2, -0.15) is 0 Å². The largest absolute Gasteiger partial charge is 0.309 e. The molecule has 2 N–H and O–H groups in total. The van der Waals surface area contributed by atoms with E-state index in [4.69, 9.17) is 5.73 Å². The third-order valence-electron chi connectivity index (χ3n) is 1.85. The summed E-state index contributed by atoms with van der Waals surface area (Å²) in [4.78, 5) is 4.24. The Labute approximate surface area is 61.8 Å². The molecule has 56 valence electrons. The van der Waals surface area contributed by atoms with Crippen LogP contribution >= 0.6 is 0 Å². The van der Waals surface area contributed by atoms with Crippen LogP contribution in [0, 0.1) is 5.92 Å². The van der Waals surface area contributed by atoms with Crippen LogP contribution in [0.3, 0.4) is 0 Å². The predicted molar refractivity (Wildman–Crippen MR) is 44.0 cm³/mol. The first-order chi connectivity index (χ1) is 4.74. The fraction of sp³-hybridized carbons (Fsp3) is 0.625. The molecule has 0 aromatic carbocycles. The number of nitrogens with two attached hydrogens (primary N) is 1.